The SMILES string of the molecule is CN(CC[P+](c1ccccc1)(c1ccccc1)c1ccccc1)Cc1ccccc1.[Cl-]. The highest BCUT2D eigenvalue weighted by molar-refractivity contribution is 7.95. The van der Waals surface area contributed by atoms with Gasteiger partial charge in [0.05, 0.1) is 6.16 Å². The molecule has 0 amide bonds. The second-order valence-corrected chi connectivity index (χ2v) is 11.4. The van der Waals surface area contributed by atoms with E-state index in [1.165, 1.54) is 21.5 Å². The van der Waals surface area contributed by atoms with Crippen LogP contribution in [0.4, 0.5) is 0 Å². The van der Waals surface area contributed by atoms with Gasteiger partial charge in [0.2, 0.25) is 0 Å². The standard InChI is InChI=1S/C28H29NP.ClH/c1-29(24-25-14-6-2-7-15-25)22-23-30(26-16-8-3-9-17-26,27-18-10-4-11-19-27)28-20-12-5-13-21-28;/h2-21H,22-24H2,1H3;1H/q+1;/p-1. The van der Waals surface area contributed by atoms with Crippen LogP contribution in [0.1, 0.15) is 5.56 Å². The number of rotatable bonds is 8. The van der Waals surface area contributed by atoms with Crippen molar-refractivity contribution in [3.05, 3.63) is 127 Å². The van der Waals surface area contributed by atoms with Crippen molar-refractivity contribution < 1.29 is 12.4 Å². The summed E-state index contributed by atoms with van der Waals surface area (Å²) in [6, 6.07) is 44.2. The fourth-order valence-corrected chi connectivity index (χ4v) is 8.53. The molecule has 0 aliphatic heterocycles. The molecule has 0 N–H and O–H groups in total. The van der Waals surface area contributed by atoms with Gasteiger partial charge in [0, 0.05) is 13.1 Å². The molecule has 0 radical (unpaired) electrons. The molecule has 0 bridgehead atoms. The van der Waals surface area contributed by atoms with Crippen LogP contribution in [0.3, 0.4) is 0 Å². The van der Waals surface area contributed by atoms with Crippen molar-refractivity contribution in [1.29, 1.82) is 0 Å². The average molecular weight is 446 g/mol. The number of halogens is 1. The van der Waals surface area contributed by atoms with E-state index in [0.29, 0.717) is 0 Å². The largest absolute Gasteiger partial charge is 1.00 e. The molecule has 31 heavy (non-hydrogen) atoms. The highest BCUT2D eigenvalue weighted by Gasteiger charge is 2.44. The van der Waals surface area contributed by atoms with Gasteiger partial charge in [0.15, 0.2) is 0 Å². The first-order valence-corrected chi connectivity index (χ1v) is 12.5. The molecule has 0 saturated carbocycles. The van der Waals surface area contributed by atoms with Gasteiger partial charge in [-0.2, -0.15) is 0 Å². The van der Waals surface area contributed by atoms with E-state index in [9.17, 15) is 0 Å². The quantitative estimate of drug-likeness (QED) is 0.375. The average Bonchev–Trinajstić information content (AvgIpc) is 2.82. The molecule has 0 unspecified atom stereocenters. The molecule has 0 atom stereocenters. The Morgan fingerprint density at radius 3 is 1.29 bits per heavy atom. The van der Waals surface area contributed by atoms with Gasteiger partial charge >= 0.3 is 0 Å². The lowest BCUT2D eigenvalue weighted by atomic mass is 10.2. The first kappa shape index (κ1) is 23.2. The van der Waals surface area contributed by atoms with Crippen LogP contribution in [0.5, 0.6) is 0 Å². The second-order valence-electron chi connectivity index (χ2n) is 7.76. The van der Waals surface area contributed by atoms with Crippen LogP contribution in [-0.2, 0) is 6.54 Å². The molecular weight excluding hydrogens is 417 g/mol. The molecule has 1 nitrogen and oxygen atoms in total. The summed E-state index contributed by atoms with van der Waals surface area (Å²) in [5.41, 5.74) is 1.36. The zero-order chi connectivity index (χ0) is 20.7. The van der Waals surface area contributed by atoms with E-state index in [0.717, 1.165) is 19.3 Å². The molecular formula is C28H29ClNP. The van der Waals surface area contributed by atoms with E-state index < -0.39 is 7.26 Å². The fraction of sp³-hybridized carbons (Fsp3) is 0.143. The Kier molecular flexibility index (Phi) is 8.43. The van der Waals surface area contributed by atoms with Crippen molar-refractivity contribution >= 4 is 23.2 Å². The minimum atomic E-state index is -1.75. The van der Waals surface area contributed by atoms with E-state index in [2.05, 4.69) is 133 Å². The molecule has 4 aromatic rings. The van der Waals surface area contributed by atoms with Gasteiger partial charge in [-0.05, 0) is 49.0 Å². The zero-order valence-electron chi connectivity index (χ0n) is 17.9. The van der Waals surface area contributed by atoms with Gasteiger partial charge in [-0.3, -0.25) is 4.90 Å². The Labute approximate surface area is 193 Å². The topological polar surface area (TPSA) is 3.24 Å². The molecule has 158 valence electrons. The molecule has 0 saturated heterocycles. The lowest BCUT2D eigenvalue weighted by Gasteiger charge is -2.29. The molecule has 0 aliphatic carbocycles. The summed E-state index contributed by atoms with van der Waals surface area (Å²) in [6.45, 7) is 2.01. The zero-order valence-corrected chi connectivity index (χ0v) is 19.6. The molecule has 0 aromatic heterocycles. The predicted octanol–water partition coefficient (Wildman–Crippen LogP) is 2.12. The van der Waals surface area contributed by atoms with Gasteiger partial charge in [-0.1, -0.05) is 84.9 Å². The molecule has 0 fully saturated rings. The maximum atomic E-state index is 2.46. The van der Waals surface area contributed by atoms with Gasteiger partial charge in [-0.15, -0.1) is 0 Å². The second kappa shape index (κ2) is 11.3. The third-order valence-electron chi connectivity index (χ3n) is 5.70. The molecule has 0 aliphatic rings. The molecule has 4 aromatic carbocycles. The van der Waals surface area contributed by atoms with Crippen LogP contribution < -0.4 is 28.3 Å². The highest BCUT2D eigenvalue weighted by atomic mass is 35.5. The Hall–Kier alpha value is -2.44. The van der Waals surface area contributed by atoms with E-state index >= 15 is 0 Å². The van der Waals surface area contributed by atoms with Crippen molar-refractivity contribution in [2.45, 2.75) is 6.54 Å². The Bertz CT molecular complexity index is 927. The fourth-order valence-electron chi connectivity index (χ4n) is 4.18. The molecule has 0 heterocycles. The third kappa shape index (κ3) is 5.43. The first-order chi connectivity index (χ1) is 14.8. The summed E-state index contributed by atoms with van der Waals surface area (Å²) in [6.07, 6.45) is 1.12. The Balaban J connectivity index is 0.00000272. The minimum absolute atomic E-state index is 0. The Morgan fingerprint density at radius 2 is 0.903 bits per heavy atom. The van der Waals surface area contributed by atoms with E-state index in [1.54, 1.807) is 0 Å². The summed E-state index contributed by atoms with van der Waals surface area (Å²) in [4.78, 5) is 2.46. The van der Waals surface area contributed by atoms with Crippen LogP contribution in [0.25, 0.3) is 0 Å². The Morgan fingerprint density at radius 1 is 0.548 bits per heavy atom. The smallest absolute Gasteiger partial charge is 0.113 e. The van der Waals surface area contributed by atoms with E-state index in [-0.39, 0.29) is 12.4 Å². The molecule has 0 spiro atoms. The van der Waals surface area contributed by atoms with Crippen molar-refractivity contribution in [2.24, 2.45) is 0 Å². The van der Waals surface area contributed by atoms with Crippen LogP contribution in [0.2, 0.25) is 0 Å². The summed E-state index contributed by atoms with van der Waals surface area (Å²) in [5, 5.41) is 4.36. The maximum Gasteiger partial charge on any atom is 0.113 e. The normalized spacial score (nSPS) is 11.2. The van der Waals surface area contributed by atoms with Crippen molar-refractivity contribution in [1.82, 2.24) is 4.90 Å². The van der Waals surface area contributed by atoms with Crippen molar-refractivity contribution in [2.75, 3.05) is 19.8 Å². The summed E-state index contributed by atoms with van der Waals surface area (Å²) in [7, 11) is 0.485. The van der Waals surface area contributed by atoms with Crippen LogP contribution in [0, 0.1) is 0 Å². The van der Waals surface area contributed by atoms with E-state index in [1.807, 2.05) is 0 Å². The van der Waals surface area contributed by atoms with Gasteiger partial charge in [-0.25, -0.2) is 0 Å². The van der Waals surface area contributed by atoms with Crippen molar-refractivity contribution in [3.8, 4) is 0 Å². The minimum Gasteiger partial charge on any atom is -1.00 e. The van der Waals surface area contributed by atoms with Gasteiger partial charge < -0.3 is 12.4 Å². The van der Waals surface area contributed by atoms with E-state index in [4.69, 9.17) is 0 Å². The van der Waals surface area contributed by atoms with Gasteiger partial charge in [0.25, 0.3) is 0 Å². The summed E-state index contributed by atoms with van der Waals surface area (Å²) < 4.78 is 0. The third-order valence-corrected chi connectivity index (χ3v) is 10.1. The predicted molar refractivity (Wildman–Crippen MR) is 133 cm³/mol. The van der Waals surface area contributed by atoms with Crippen LogP contribution >= 0.6 is 7.26 Å². The summed E-state index contributed by atoms with van der Waals surface area (Å²) in [5.74, 6) is 0. The number of hydrogen-bond acceptors (Lipinski definition) is 1. The highest BCUT2D eigenvalue weighted by Crippen LogP contribution is 2.55. The van der Waals surface area contributed by atoms with Crippen molar-refractivity contribution in [3.63, 3.8) is 0 Å². The maximum absolute atomic E-state index is 2.46. The number of benzene rings is 4. The lowest BCUT2D eigenvalue weighted by Crippen LogP contribution is -3.00. The lowest BCUT2D eigenvalue weighted by molar-refractivity contribution is -0.00000592. The first-order valence-electron chi connectivity index (χ1n) is 10.6. The van der Waals surface area contributed by atoms with Crippen LogP contribution in [0.15, 0.2) is 121 Å². The van der Waals surface area contributed by atoms with Gasteiger partial charge in [0.1, 0.15) is 23.2 Å². The number of hydrogen-bond donors (Lipinski definition) is 0. The van der Waals surface area contributed by atoms with Crippen LogP contribution in [-0.4, -0.2) is 24.7 Å². The monoisotopic (exact) mass is 445 g/mol. The number of nitrogens with zero attached hydrogens (tertiary/aromatic N) is 1. The molecule has 3 heteroatoms. The molecule has 4 rings (SSSR count). The summed E-state index contributed by atoms with van der Waals surface area (Å²) >= 11 is 0.